The van der Waals surface area contributed by atoms with Crippen LogP contribution in [0.1, 0.15) is 34.1 Å². The van der Waals surface area contributed by atoms with E-state index in [2.05, 4.69) is 5.32 Å². The molecule has 2 heterocycles. The molecule has 0 saturated carbocycles. The van der Waals surface area contributed by atoms with Gasteiger partial charge in [0.1, 0.15) is 0 Å². The van der Waals surface area contributed by atoms with E-state index in [-0.39, 0.29) is 16.8 Å². The Labute approximate surface area is 140 Å². The zero-order valence-electron chi connectivity index (χ0n) is 12.7. The zero-order chi connectivity index (χ0) is 16.4. The van der Waals surface area contributed by atoms with Crippen molar-refractivity contribution >= 4 is 27.3 Å². The lowest BCUT2D eigenvalue weighted by atomic mass is 10.2. The number of hydrogen-bond donors (Lipinski definition) is 1. The van der Waals surface area contributed by atoms with Crippen molar-refractivity contribution in [3.63, 3.8) is 0 Å². The number of thiophene rings is 1. The number of benzene rings is 1. The third-order valence-corrected chi connectivity index (χ3v) is 6.92. The minimum Gasteiger partial charge on any atom is -0.355 e. The molecular weight excluding hydrogens is 332 g/mol. The first-order valence-corrected chi connectivity index (χ1v) is 9.73. The third kappa shape index (κ3) is 3.04. The van der Waals surface area contributed by atoms with Crippen molar-refractivity contribution in [2.45, 2.75) is 23.8 Å². The van der Waals surface area contributed by atoms with Crippen molar-refractivity contribution in [3.8, 4) is 0 Å². The fourth-order valence-electron chi connectivity index (χ4n) is 2.85. The largest absolute Gasteiger partial charge is 0.355 e. The number of nitrogens with zero attached hydrogens (tertiary/aromatic N) is 1. The number of carbonyl (C=O) groups is 1. The molecule has 2 aromatic rings. The molecule has 0 aliphatic carbocycles. The second-order valence-electron chi connectivity index (χ2n) is 5.39. The molecule has 1 fully saturated rings. The summed E-state index contributed by atoms with van der Waals surface area (Å²) in [4.78, 5) is 12.9. The van der Waals surface area contributed by atoms with E-state index in [1.54, 1.807) is 34.8 Å². The molecule has 1 aliphatic rings. The molecule has 5 nitrogen and oxygen atoms in total. The summed E-state index contributed by atoms with van der Waals surface area (Å²) >= 11 is 1.59. The maximum atomic E-state index is 12.9. The van der Waals surface area contributed by atoms with E-state index in [0.717, 1.165) is 17.7 Å². The Hall–Kier alpha value is -1.70. The van der Waals surface area contributed by atoms with Crippen LogP contribution in [0.25, 0.3) is 0 Å². The number of rotatable bonds is 4. The van der Waals surface area contributed by atoms with Gasteiger partial charge in [0, 0.05) is 24.0 Å². The predicted octanol–water partition coefficient (Wildman–Crippen LogP) is 2.63. The molecule has 1 unspecified atom stereocenters. The Kier molecular flexibility index (Phi) is 4.52. The van der Waals surface area contributed by atoms with Gasteiger partial charge in [-0.3, -0.25) is 4.79 Å². The van der Waals surface area contributed by atoms with Gasteiger partial charge in [0.2, 0.25) is 10.0 Å². The molecule has 1 N–H and O–H groups in total. The highest BCUT2D eigenvalue weighted by Crippen LogP contribution is 2.38. The number of sulfonamides is 1. The fraction of sp³-hybridized carbons (Fsp3) is 0.312. The highest BCUT2D eigenvalue weighted by molar-refractivity contribution is 7.89. The Morgan fingerprint density at radius 3 is 2.61 bits per heavy atom. The monoisotopic (exact) mass is 350 g/mol. The minimum atomic E-state index is -3.55. The van der Waals surface area contributed by atoms with Gasteiger partial charge in [-0.1, -0.05) is 6.07 Å². The van der Waals surface area contributed by atoms with Gasteiger partial charge >= 0.3 is 0 Å². The Morgan fingerprint density at radius 2 is 2.00 bits per heavy atom. The average molecular weight is 350 g/mol. The first-order valence-electron chi connectivity index (χ1n) is 7.41. The quantitative estimate of drug-likeness (QED) is 0.922. The molecule has 1 aromatic carbocycles. The predicted molar refractivity (Wildman–Crippen MR) is 90.0 cm³/mol. The Morgan fingerprint density at radius 1 is 1.26 bits per heavy atom. The summed E-state index contributed by atoms with van der Waals surface area (Å²) in [5.74, 6) is -0.230. The topological polar surface area (TPSA) is 66.5 Å². The van der Waals surface area contributed by atoms with E-state index in [4.69, 9.17) is 0 Å². The zero-order valence-corrected chi connectivity index (χ0v) is 14.4. The van der Waals surface area contributed by atoms with Gasteiger partial charge in [0.25, 0.3) is 5.91 Å². The SMILES string of the molecule is CNC(=O)c1ccc(S(=O)(=O)N2CCCC2c2cccs2)cc1. The molecule has 122 valence electrons. The minimum absolute atomic E-state index is 0.0846. The maximum Gasteiger partial charge on any atom is 0.251 e. The van der Waals surface area contributed by atoms with Crippen LogP contribution in [0.15, 0.2) is 46.7 Å². The summed E-state index contributed by atoms with van der Waals surface area (Å²) in [6.07, 6.45) is 1.70. The van der Waals surface area contributed by atoms with E-state index in [9.17, 15) is 13.2 Å². The maximum absolute atomic E-state index is 12.9. The molecule has 0 spiro atoms. The fourth-order valence-corrected chi connectivity index (χ4v) is 5.47. The number of carbonyl (C=O) groups excluding carboxylic acids is 1. The van der Waals surface area contributed by atoms with Gasteiger partial charge in [0.05, 0.1) is 10.9 Å². The number of hydrogen-bond acceptors (Lipinski definition) is 4. The standard InChI is InChI=1S/C16H18N2O3S2/c1-17-16(19)12-6-8-13(9-7-12)23(20,21)18-10-2-4-14(18)15-5-3-11-22-15/h3,5-9,11,14H,2,4,10H2,1H3,(H,17,19). The summed E-state index contributed by atoms with van der Waals surface area (Å²) in [7, 11) is -2.01. The van der Waals surface area contributed by atoms with Crippen molar-refractivity contribution < 1.29 is 13.2 Å². The highest BCUT2D eigenvalue weighted by atomic mass is 32.2. The van der Waals surface area contributed by atoms with Crippen molar-refractivity contribution in [3.05, 3.63) is 52.2 Å². The summed E-state index contributed by atoms with van der Waals surface area (Å²) < 4.78 is 27.4. The van der Waals surface area contributed by atoms with Crippen LogP contribution in [0.2, 0.25) is 0 Å². The van der Waals surface area contributed by atoms with Gasteiger partial charge in [-0.25, -0.2) is 8.42 Å². The van der Waals surface area contributed by atoms with Crippen LogP contribution in [0.3, 0.4) is 0 Å². The summed E-state index contributed by atoms with van der Waals surface area (Å²) in [6.45, 7) is 0.530. The normalized spacial score (nSPS) is 18.9. The van der Waals surface area contributed by atoms with Crippen LogP contribution >= 0.6 is 11.3 Å². The lowest BCUT2D eigenvalue weighted by Crippen LogP contribution is -2.30. The van der Waals surface area contributed by atoms with Crippen molar-refractivity contribution in [2.75, 3.05) is 13.6 Å². The van der Waals surface area contributed by atoms with Crippen molar-refractivity contribution in [1.29, 1.82) is 0 Å². The van der Waals surface area contributed by atoms with Gasteiger partial charge in [0.15, 0.2) is 0 Å². The van der Waals surface area contributed by atoms with Gasteiger partial charge < -0.3 is 5.32 Å². The van der Waals surface area contributed by atoms with Gasteiger partial charge in [-0.15, -0.1) is 11.3 Å². The van der Waals surface area contributed by atoms with E-state index in [0.29, 0.717) is 12.1 Å². The summed E-state index contributed by atoms with van der Waals surface area (Å²) in [6, 6.07) is 9.94. The van der Waals surface area contributed by atoms with Gasteiger partial charge in [-0.2, -0.15) is 4.31 Å². The smallest absolute Gasteiger partial charge is 0.251 e. The molecule has 1 amide bonds. The molecule has 1 aromatic heterocycles. The second kappa shape index (κ2) is 6.43. The van der Waals surface area contributed by atoms with Gasteiger partial charge in [-0.05, 0) is 48.6 Å². The van der Waals surface area contributed by atoms with Crippen molar-refractivity contribution in [2.24, 2.45) is 0 Å². The molecule has 1 aliphatic heterocycles. The molecular formula is C16H18N2O3S2. The van der Waals surface area contributed by atoms with Crippen LogP contribution in [0.5, 0.6) is 0 Å². The molecule has 1 atom stereocenters. The molecule has 1 saturated heterocycles. The lowest BCUT2D eigenvalue weighted by molar-refractivity contribution is 0.0963. The summed E-state index contributed by atoms with van der Waals surface area (Å²) in [5, 5.41) is 4.49. The molecule has 3 rings (SSSR count). The lowest BCUT2D eigenvalue weighted by Gasteiger charge is -2.23. The average Bonchev–Trinajstić information content (AvgIpc) is 3.24. The molecule has 0 radical (unpaired) electrons. The second-order valence-corrected chi connectivity index (χ2v) is 8.26. The Bertz CT molecular complexity index is 783. The van der Waals surface area contributed by atoms with Crippen LogP contribution in [0.4, 0.5) is 0 Å². The van der Waals surface area contributed by atoms with Crippen LogP contribution in [-0.2, 0) is 10.0 Å². The van der Waals surface area contributed by atoms with E-state index in [1.807, 2.05) is 17.5 Å². The highest BCUT2D eigenvalue weighted by Gasteiger charge is 2.36. The van der Waals surface area contributed by atoms with E-state index >= 15 is 0 Å². The van der Waals surface area contributed by atoms with Crippen LogP contribution < -0.4 is 5.32 Å². The molecule has 7 heteroatoms. The third-order valence-electron chi connectivity index (χ3n) is 4.03. The van der Waals surface area contributed by atoms with Crippen LogP contribution in [0, 0.1) is 0 Å². The van der Waals surface area contributed by atoms with E-state index in [1.165, 1.54) is 12.1 Å². The van der Waals surface area contributed by atoms with Crippen LogP contribution in [-0.4, -0.2) is 32.2 Å². The summed E-state index contributed by atoms with van der Waals surface area (Å²) in [5.41, 5.74) is 0.447. The molecule has 23 heavy (non-hydrogen) atoms. The number of amides is 1. The first kappa shape index (κ1) is 16.2. The van der Waals surface area contributed by atoms with Crippen molar-refractivity contribution in [1.82, 2.24) is 9.62 Å². The number of nitrogens with one attached hydrogen (secondary N) is 1. The molecule has 0 bridgehead atoms. The first-order chi connectivity index (χ1) is 11.0. The Balaban J connectivity index is 1.90. The van der Waals surface area contributed by atoms with E-state index < -0.39 is 10.0 Å².